The van der Waals surface area contributed by atoms with E-state index in [2.05, 4.69) is 21.9 Å². The molecule has 2 saturated heterocycles. The number of piperazine rings is 1. The monoisotopic (exact) mass is 384 g/mol. The van der Waals surface area contributed by atoms with Crippen LogP contribution in [-0.4, -0.2) is 54.9 Å². The molecule has 2 aliphatic rings. The van der Waals surface area contributed by atoms with Crippen LogP contribution in [-0.2, 0) is 16.1 Å². The first-order valence-corrected chi connectivity index (χ1v) is 9.76. The lowest BCUT2D eigenvalue weighted by Crippen LogP contribution is -2.46. The predicted molar refractivity (Wildman–Crippen MR) is 105 cm³/mol. The highest BCUT2D eigenvalue weighted by Gasteiger charge is 2.35. The maximum atomic E-state index is 14.8. The minimum absolute atomic E-state index is 0.198. The van der Waals surface area contributed by atoms with E-state index in [1.807, 2.05) is 18.2 Å². The lowest BCUT2D eigenvalue weighted by atomic mass is 9.95. The summed E-state index contributed by atoms with van der Waals surface area (Å²) in [4.78, 5) is 16.4. The number of cyclic esters (lactones) is 1. The molecular weight excluding hydrogens is 359 g/mol. The van der Waals surface area contributed by atoms with Gasteiger partial charge in [0, 0.05) is 39.1 Å². The summed E-state index contributed by atoms with van der Waals surface area (Å²) in [7, 11) is 0. The first-order valence-electron chi connectivity index (χ1n) is 9.76. The van der Waals surface area contributed by atoms with E-state index in [4.69, 9.17) is 9.84 Å². The average Bonchev–Trinajstić information content (AvgIpc) is 3.10. The zero-order valence-electron chi connectivity index (χ0n) is 15.8. The Hall–Kier alpha value is -2.44. The first kappa shape index (κ1) is 18.9. The number of esters is 1. The molecule has 0 saturated carbocycles. The number of rotatable bonds is 5. The average molecular weight is 384 g/mol. The van der Waals surface area contributed by atoms with Gasteiger partial charge in [-0.05, 0) is 23.3 Å². The topological polar surface area (TPSA) is 53.0 Å². The van der Waals surface area contributed by atoms with Gasteiger partial charge in [-0.3, -0.25) is 9.69 Å². The molecular formula is C22H25FN2O3. The van der Waals surface area contributed by atoms with Crippen molar-refractivity contribution in [3.05, 3.63) is 65.5 Å². The SMILES string of the molecule is O=C1O[C@@H](CO)CC1c1ccc(N2CCN(Cc3ccccc3)CC2)c(F)c1. The minimum Gasteiger partial charge on any atom is -0.459 e. The highest BCUT2D eigenvalue weighted by Crippen LogP contribution is 2.33. The normalized spacial score (nSPS) is 23.1. The zero-order valence-corrected chi connectivity index (χ0v) is 15.8. The standard InChI is InChI=1S/C22H25FN2O3/c23-20-12-17(19-13-18(15-26)28-22(19)27)6-7-21(20)25-10-8-24(9-11-25)14-16-4-2-1-3-5-16/h1-7,12,18-19,26H,8-11,13-15H2/t18-,19?/m1/s1. The number of aliphatic hydroxyl groups is 1. The van der Waals surface area contributed by atoms with Gasteiger partial charge in [-0.25, -0.2) is 4.39 Å². The summed E-state index contributed by atoms with van der Waals surface area (Å²) in [5.41, 5.74) is 2.48. The second-order valence-corrected chi connectivity index (χ2v) is 7.49. The molecule has 2 aliphatic heterocycles. The molecule has 2 aromatic rings. The summed E-state index contributed by atoms with van der Waals surface area (Å²) >= 11 is 0. The van der Waals surface area contributed by atoms with E-state index in [0.717, 1.165) is 32.7 Å². The molecule has 0 radical (unpaired) electrons. The van der Waals surface area contributed by atoms with Gasteiger partial charge in [-0.15, -0.1) is 0 Å². The van der Waals surface area contributed by atoms with Gasteiger partial charge in [0.2, 0.25) is 0 Å². The zero-order chi connectivity index (χ0) is 19.5. The Bertz CT molecular complexity index is 822. The number of benzene rings is 2. The van der Waals surface area contributed by atoms with Crippen molar-refractivity contribution < 1.29 is 19.0 Å². The highest BCUT2D eigenvalue weighted by molar-refractivity contribution is 5.80. The third kappa shape index (κ3) is 4.03. The molecule has 148 valence electrons. The molecule has 1 unspecified atom stereocenters. The van der Waals surface area contributed by atoms with E-state index in [1.165, 1.54) is 11.6 Å². The highest BCUT2D eigenvalue weighted by atomic mass is 19.1. The van der Waals surface area contributed by atoms with Crippen LogP contribution in [0.15, 0.2) is 48.5 Å². The van der Waals surface area contributed by atoms with Gasteiger partial charge in [0.1, 0.15) is 11.9 Å². The van der Waals surface area contributed by atoms with E-state index >= 15 is 0 Å². The van der Waals surface area contributed by atoms with Crippen molar-refractivity contribution in [3.63, 3.8) is 0 Å². The molecule has 2 aromatic carbocycles. The van der Waals surface area contributed by atoms with Crippen molar-refractivity contribution in [3.8, 4) is 0 Å². The Morgan fingerprint density at radius 2 is 1.82 bits per heavy atom. The van der Waals surface area contributed by atoms with E-state index in [1.54, 1.807) is 12.1 Å². The summed E-state index contributed by atoms with van der Waals surface area (Å²) in [6.45, 7) is 4.00. The summed E-state index contributed by atoms with van der Waals surface area (Å²) < 4.78 is 19.9. The molecule has 1 N–H and O–H groups in total. The molecule has 0 amide bonds. The number of carbonyl (C=O) groups excluding carboxylic acids is 1. The van der Waals surface area contributed by atoms with E-state index in [0.29, 0.717) is 17.7 Å². The predicted octanol–water partition coefficient (Wildman–Crippen LogP) is 2.54. The van der Waals surface area contributed by atoms with Gasteiger partial charge < -0.3 is 14.7 Å². The minimum atomic E-state index is -0.497. The van der Waals surface area contributed by atoms with Gasteiger partial charge >= 0.3 is 5.97 Å². The summed E-state index contributed by atoms with van der Waals surface area (Å²) in [5.74, 6) is -1.20. The molecule has 0 aliphatic carbocycles. The maximum Gasteiger partial charge on any atom is 0.313 e. The molecule has 4 rings (SSSR count). The van der Waals surface area contributed by atoms with Crippen LogP contribution < -0.4 is 4.90 Å². The van der Waals surface area contributed by atoms with Crippen molar-refractivity contribution in [2.75, 3.05) is 37.7 Å². The number of halogens is 1. The number of hydrogen-bond acceptors (Lipinski definition) is 5. The van der Waals surface area contributed by atoms with Crippen LogP contribution >= 0.6 is 0 Å². The molecule has 0 aromatic heterocycles. The van der Waals surface area contributed by atoms with E-state index < -0.39 is 12.0 Å². The largest absolute Gasteiger partial charge is 0.459 e. The van der Waals surface area contributed by atoms with E-state index in [9.17, 15) is 9.18 Å². The Labute approximate surface area is 164 Å². The molecule has 6 heteroatoms. The van der Waals surface area contributed by atoms with Crippen molar-refractivity contribution >= 4 is 11.7 Å². The molecule has 0 spiro atoms. The van der Waals surface area contributed by atoms with Crippen LogP contribution in [0.2, 0.25) is 0 Å². The van der Waals surface area contributed by atoms with Crippen LogP contribution in [0.3, 0.4) is 0 Å². The van der Waals surface area contributed by atoms with Crippen LogP contribution in [0.1, 0.15) is 23.5 Å². The number of aliphatic hydroxyl groups excluding tert-OH is 1. The number of nitrogens with zero attached hydrogens (tertiary/aromatic N) is 2. The van der Waals surface area contributed by atoms with Gasteiger partial charge in [0.15, 0.2) is 0 Å². The van der Waals surface area contributed by atoms with Crippen molar-refractivity contribution in [2.24, 2.45) is 0 Å². The van der Waals surface area contributed by atoms with Gasteiger partial charge in [-0.1, -0.05) is 36.4 Å². The van der Waals surface area contributed by atoms with Crippen LogP contribution in [0.25, 0.3) is 0 Å². The molecule has 2 fully saturated rings. The quantitative estimate of drug-likeness (QED) is 0.803. The van der Waals surface area contributed by atoms with Crippen molar-refractivity contribution in [1.29, 1.82) is 0 Å². The number of carbonyl (C=O) groups is 1. The molecule has 2 atom stereocenters. The van der Waals surface area contributed by atoms with E-state index in [-0.39, 0.29) is 18.4 Å². The van der Waals surface area contributed by atoms with Crippen molar-refractivity contribution in [1.82, 2.24) is 4.90 Å². The lowest BCUT2D eigenvalue weighted by Gasteiger charge is -2.36. The van der Waals surface area contributed by atoms with Crippen LogP contribution in [0.4, 0.5) is 10.1 Å². The van der Waals surface area contributed by atoms with Gasteiger partial charge in [0.25, 0.3) is 0 Å². The van der Waals surface area contributed by atoms with Gasteiger partial charge in [-0.2, -0.15) is 0 Å². The third-order valence-corrected chi connectivity index (χ3v) is 5.61. The Morgan fingerprint density at radius 1 is 1.07 bits per heavy atom. The Balaban J connectivity index is 1.38. The number of ether oxygens (including phenoxy) is 1. The van der Waals surface area contributed by atoms with Gasteiger partial charge in [0.05, 0.1) is 18.2 Å². The fraction of sp³-hybridized carbons (Fsp3) is 0.409. The summed E-state index contributed by atoms with van der Waals surface area (Å²) in [5, 5.41) is 9.17. The smallest absolute Gasteiger partial charge is 0.313 e. The molecule has 0 bridgehead atoms. The molecule has 28 heavy (non-hydrogen) atoms. The lowest BCUT2D eigenvalue weighted by molar-refractivity contribution is -0.143. The third-order valence-electron chi connectivity index (χ3n) is 5.61. The number of hydrogen-bond donors (Lipinski definition) is 1. The Morgan fingerprint density at radius 3 is 2.46 bits per heavy atom. The second-order valence-electron chi connectivity index (χ2n) is 7.49. The van der Waals surface area contributed by atoms with Crippen LogP contribution in [0, 0.1) is 5.82 Å². The van der Waals surface area contributed by atoms with Crippen LogP contribution in [0.5, 0.6) is 0 Å². The number of anilines is 1. The fourth-order valence-corrected chi connectivity index (χ4v) is 4.02. The Kier molecular flexibility index (Phi) is 5.59. The molecule has 5 nitrogen and oxygen atoms in total. The summed E-state index contributed by atoms with van der Waals surface area (Å²) in [6.07, 6.45) is -0.0929. The van der Waals surface area contributed by atoms with Crippen molar-refractivity contribution in [2.45, 2.75) is 25.0 Å². The maximum absolute atomic E-state index is 14.8. The summed E-state index contributed by atoms with van der Waals surface area (Å²) in [6, 6.07) is 15.4. The second kappa shape index (κ2) is 8.29. The molecule has 2 heterocycles. The first-order chi connectivity index (χ1) is 13.6. The fourth-order valence-electron chi connectivity index (χ4n) is 4.02.